The molecule has 0 unspecified atom stereocenters. The van der Waals surface area contributed by atoms with E-state index >= 15 is 0 Å². The van der Waals surface area contributed by atoms with Crippen LogP contribution in [-0.4, -0.2) is 39.3 Å². The number of aryl methyl sites for hydroxylation is 1. The molecule has 1 heterocycles. The van der Waals surface area contributed by atoms with Crippen LogP contribution in [0.4, 0.5) is 5.13 Å². The second kappa shape index (κ2) is 9.98. The van der Waals surface area contributed by atoms with Gasteiger partial charge in [-0.2, -0.15) is 0 Å². The summed E-state index contributed by atoms with van der Waals surface area (Å²) in [6.45, 7) is 0. The number of aromatic nitrogens is 1. The minimum absolute atomic E-state index is 0.112. The summed E-state index contributed by atoms with van der Waals surface area (Å²) in [5.41, 5.74) is 2.69. The number of nitrogens with one attached hydrogen (secondary N) is 1. The lowest BCUT2D eigenvalue weighted by Crippen LogP contribution is -2.12. The Hall–Kier alpha value is -3.26. The molecule has 0 aliphatic heterocycles. The number of nitrogens with zero attached hydrogens (tertiary/aromatic N) is 1. The number of methoxy groups -OCH3 is 4. The Morgan fingerprint density at radius 3 is 2.20 bits per heavy atom. The van der Waals surface area contributed by atoms with Gasteiger partial charge in [0.25, 0.3) is 0 Å². The average Bonchev–Trinajstić information content (AvgIpc) is 3.25. The highest BCUT2D eigenvalue weighted by Crippen LogP contribution is 2.38. The van der Waals surface area contributed by atoms with E-state index in [1.165, 1.54) is 11.3 Å². The maximum Gasteiger partial charge on any atom is 0.226 e. The molecule has 0 atom stereocenters. The first-order valence-electron chi connectivity index (χ1n) is 9.26. The minimum atomic E-state index is -0.112. The quantitative estimate of drug-likeness (QED) is 0.544. The number of carbonyl (C=O) groups excluding carboxylic acids is 1. The molecule has 3 aromatic rings. The first-order chi connectivity index (χ1) is 14.6. The fraction of sp³-hybridized carbons (Fsp3) is 0.273. The third kappa shape index (κ3) is 5.01. The second-order valence-corrected chi connectivity index (χ2v) is 7.21. The molecule has 0 radical (unpaired) electrons. The highest BCUT2D eigenvalue weighted by molar-refractivity contribution is 7.14. The monoisotopic (exact) mass is 428 g/mol. The maximum absolute atomic E-state index is 12.4. The van der Waals surface area contributed by atoms with Crippen LogP contribution in [0.25, 0.3) is 11.3 Å². The highest BCUT2D eigenvalue weighted by atomic mass is 32.1. The third-order valence-electron chi connectivity index (χ3n) is 4.50. The van der Waals surface area contributed by atoms with Gasteiger partial charge < -0.3 is 24.3 Å². The van der Waals surface area contributed by atoms with Crippen LogP contribution in [0.15, 0.2) is 41.8 Å². The van der Waals surface area contributed by atoms with E-state index in [9.17, 15) is 4.79 Å². The van der Waals surface area contributed by atoms with Crippen molar-refractivity contribution in [3.8, 4) is 34.3 Å². The molecule has 0 bridgehead atoms. The summed E-state index contributed by atoms with van der Waals surface area (Å²) >= 11 is 1.39. The van der Waals surface area contributed by atoms with E-state index in [0.717, 1.165) is 22.6 Å². The van der Waals surface area contributed by atoms with Crippen molar-refractivity contribution in [1.29, 1.82) is 0 Å². The number of hydrogen-bond acceptors (Lipinski definition) is 7. The van der Waals surface area contributed by atoms with Gasteiger partial charge in [-0.3, -0.25) is 4.79 Å². The summed E-state index contributed by atoms with van der Waals surface area (Å²) in [6.07, 6.45) is 0.829. The number of rotatable bonds is 9. The molecule has 0 saturated carbocycles. The van der Waals surface area contributed by atoms with Crippen LogP contribution in [0, 0.1) is 0 Å². The lowest BCUT2D eigenvalue weighted by molar-refractivity contribution is -0.116. The Kier molecular flexibility index (Phi) is 7.13. The largest absolute Gasteiger partial charge is 0.497 e. The Bertz CT molecular complexity index is 976. The molecule has 0 aliphatic carbocycles. The normalized spacial score (nSPS) is 10.4. The van der Waals surface area contributed by atoms with Gasteiger partial charge in [-0.15, -0.1) is 11.3 Å². The van der Waals surface area contributed by atoms with Crippen LogP contribution < -0.4 is 24.3 Å². The lowest BCUT2D eigenvalue weighted by atomic mass is 10.1. The molecule has 0 aliphatic rings. The molecule has 0 spiro atoms. The molecule has 3 rings (SSSR count). The van der Waals surface area contributed by atoms with Crippen LogP contribution >= 0.6 is 11.3 Å². The molecule has 0 saturated heterocycles. The summed E-state index contributed by atoms with van der Waals surface area (Å²) in [5.74, 6) is 2.34. The van der Waals surface area contributed by atoms with Crippen molar-refractivity contribution in [3.05, 3.63) is 47.3 Å². The minimum Gasteiger partial charge on any atom is -0.497 e. The molecule has 1 N–H and O–H groups in total. The summed E-state index contributed by atoms with van der Waals surface area (Å²) in [5, 5.41) is 5.34. The molecule has 1 amide bonds. The molecule has 8 heteroatoms. The molecule has 158 valence electrons. The lowest BCUT2D eigenvalue weighted by Gasteiger charge is -2.14. The first-order valence-corrected chi connectivity index (χ1v) is 10.1. The maximum atomic E-state index is 12.4. The van der Waals surface area contributed by atoms with Gasteiger partial charge in [0.1, 0.15) is 5.75 Å². The summed E-state index contributed by atoms with van der Waals surface area (Å²) in [6, 6.07) is 11.3. The van der Waals surface area contributed by atoms with Crippen LogP contribution in [-0.2, 0) is 11.2 Å². The SMILES string of the molecule is COc1ccc(-c2csc(NC(=O)CCc3cc(OC)c(OC)c(OC)c3)n2)cc1. The van der Waals surface area contributed by atoms with Crippen molar-refractivity contribution in [2.24, 2.45) is 0 Å². The smallest absolute Gasteiger partial charge is 0.226 e. The van der Waals surface area contributed by atoms with Crippen molar-refractivity contribution in [2.75, 3.05) is 33.8 Å². The van der Waals surface area contributed by atoms with Gasteiger partial charge in [0, 0.05) is 17.4 Å². The van der Waals surface area contributed by atoms with Gasteiger partial charge in [0.2, 0.25) is 11.7 Å². The van der Waals surface area contributed by atoms with Gasteiger partial charge in [-0.25, -0.2) is 4.98 Å². The number of benzene rings is 2. The zero-order chi connectivity index (χ0) is 21.5. The van der Waals surface area contributed by atoms with E-state index in [2.05, 4.69) is 10.3 Å². The topological polar surface area (TPSA) is 78.9 Å². The van der Waals surface area contributed by atoms with Crippen LogP contribution in [0.1, 0.15) is 12.0 Å². The Balaban J connectivity index is 1.62. The average molecular weight is 429 g/mol. The summed E-state index contributed by atoms with van der Waals surface area (Å²) < 4.78 is 21.2. The predicted molar refractivity (Wildman–Crippen MR) is 117 cm³/mol. The van der Waals surface area contributed by atoms with E-state index in [-0.39, 0.29) is 5.91 Å². The highest BCUT2D eigenvalue weighted by Gasteiger charge is 2.14. The molecule has 0 fully saturated rings. The zero-order valence-electron chi connectivity index (χ0n) is 17.4. The van der Waals surface area contributed by atoms with E-state index in [4.69, 9.17) is 18.9 Å². The van der Waals surface area contributed by atoms with E-state index in [1.807, 2.05) is 41.8 Å². The standard InChI is InChI=1S/C22H24N2O5S/c1-26-16-8-6-15(7-9-16)17-13-30-22(23-17)24-20(25)10-5-14-11-18(27-2)21(29-4)19(12-14)28-3/h6-9,11-13H,5,10H2,1-4H3,(H,23,24,25). The van der Waals surface area contributed by atoms with Crippen molar-refractivity contribution >= 4 is 22.4 Å². The van der Waals surface area contributed by atoms with E-state index in [1.54, 1.807) is 28.4 Å². The number of thiazole rings is 1. The fourth-order valence-electron chi connectivity index (χ4n) is 2.94. The van der Waals surface area contributed by atoms with Gasteiger partial charge in [0.15, 0.2) is 16.6 Å². The Morgan fingerprint density at radius 2 is 1.63 bits per heavy atom. The number of hydrogen-bond donors (Lipinski definition) is 1. The van der Waals surface area contributed by atoms with Gasteiger partial charge in [0.05, 0.1) is 34.1 Å². The Labute approximate surface area is 179 Å². The molecule has 7 nitrogen and oxygen atoms in total. The molecular formula is C22H24N2O5S. The number of carbonyl (C=O) groups is 1. The Morgan fingerprint density at radius 1 is 0.967 bits per heavy atom. The van der Waals surface area contributed by atoms with Crippen molar-refractivity contribution in [1.82, 2.24) is 4.98 Å². The van der Waals surface area contributed by atoms with Gasteiger partial charge in [-0.1, -0.05) is 0 Å². The number of ether oxygens (including phenoxy) is 4. The molecule has 30 heavy (non-hydrogen) atoms. The van der Waals surface area contributed by atoms with Crippen LogP contribution in [0.2, 0.25) is 0 Å². The van der Waals surface area contributed by atoms with Crippen molar-refractivity contribution in [2.45, 2.75) is 12.8 Å². The van der Waals surface area contributed by atoms with Gasteiger partial charge >= 0.3 is 0 Å². The molecule has 2 aromatic carbocycles. The predicted octanol–water partition coefficient (Wildman–Crippen LogP) is 4.42. The fourth-order valence-corrected chi connectivity index (χ4v) is 3.68. The second-order valence-electron chi connectivity index (χ2n) is 6.35. The van der Waals surface area contributed by atoms with E-state index in [0.29, 0.717) is 35.2 Å². The van der Waals surface area contributed by atoms with Crippen molar-refractivity contribution < 1.29 is 23.7 Å². The number of amides is 1. The first kappa shape index (κ1) is 21.4. The zero-order valence-corrected chi connectivity index (χ0v) is 18.2. The summed E-state index contributed by atoms with van der Waals surface area (Å²) in [7, 11) is 6.32. The van der Waals surface area contributed by atoms with Crippen LogP contribution in [0.5, 0.6) is 23.0 Å². The third-order valence-corrected chi connectivity index (χ3v) is 5.26. The molecule has 1 aromatic heterocycles. The van der Waals surface area contributed by atoms with Crippen molar-refractivity contribution in [3.63, 3.8) is 0 Å². The summed E-state index contributed by atoms with van der Waals surface area (Å²) in [4.78, 5) is 16.9. The number of anilines is 1. The molecular weight excluding hydrogens is 404 g/mol. The van der Waals surface area contributed by atoms with E-state index < -0.39 is 0 Å². The van der Waals surface area contributed by atoms with Crippen LogP contribution in [0.3, 0.4) is 0 Å². The van der Waals surface area contributed by atoms with Gasteiger partial charge in [-0.05, 0) is 48.4 Å².